The molecule has 1 aliphatic heterocycles. The zero-order valence-electron chi connectivity index (χ0n) is 20.8. The van der Waals surface area contributed by atoms with E-state index in [0.717, 1.165) is 63.7 Å². The number of likely N-dealkylation sites (tertiary alicyclic amines) is 1. The summed E-state index contributed by atoms with van der Waals surface area (Å²) in [5.41, 5.74) is 1.91. The molecular formula is C28H35F2N3O2S. The van der Waals surface area contributed by atoms with E-state index in [1.54, 1.807) is 11.8 Å². The maximum Gasteiger partial charge on any atom is 0.322 e. The second-order valence-electron chi connectivity index (χ2n) is 10.6. The molecule has 0 spiro atoms. The third kappa shape index (κ3) is 5.41. The van der Waals surface area contributed by atoms with Gasteiger partial charge in [0.2, 0.25) is 0 Å². The van der Waals surface area contributed by atoms with E-state index in [1.807, 2.05) is 4.90 Å². The largest absolute Gasteiger partial charge is 0.392 e. The highest BCUT2D eigenvalue weighted by atomic mass is 32.2. The molecule has 194 valence electrons. The third-order valence-electron chi connectivity index (χ3n) is 8.35. The van der Waals surface area contributed by atoms with Gasteiger partial charge in [0.25, 0.3) is 0 Å². The average molecular weight is 516 g/mol. The monoisotopic (exact) mass is 515 g/mol. The highest BCUT2D eigenvalue weighted by Crippen LogP contribution is 2.63. The second kappa shape index (κ2) is 10.7. The average Bonchev–Trinajstić information content (AvgIpc) is 3.48. The molecule has 1 saturated heterocycles. The van der Waals surface area contributed by atoms with Crippen LogP contribution in [0.3, 0.4) is 0 Å². The fraction of sp³-hybridized carbons (Fsp3) is 0.536. The summed E-state index contributed by atoms with van der Waals surface area (Å²) in [5.74, 6) is -1.35. The Bertz CT molecular complexity index is 1100. The minimum atomic E-state index is -0.972. The smallest absolute Gasteiger partial charge is 0.322 e. The molecule has 2 aromatic rings. The number of aliphatic hydroxyl groups excluding tert-OH is 1. The van der Waals surface area contributed by atoms with Crippen LogP contribution in [0.1, 0.15) is 44.1 Å². The maximum absolute atomic E-state index is 13.7. The summed E-state index contributed by atoms with van der Waals surface area (Å²) < 4.78 is 27.1. The number of nitrogens with zero attached hydrogens (tertiary/aromatic N) is 2. The molecule has 36 heavy (non-hydrogen) atoms. The number of halogens is 2. The van der Waals surface area contributed by atoms with Crippen LogP contribution in [0.4, 0.5) is 19.3 Å². The fourth-order valence-electron chi connectivity index (χ4n) is 6.28. The van der Waals surface area contributed by atoms with Crippen LogP contribution in [0.15, 0.2) is 47.4 Å². The van der Waals surface area contributed by atoms with E-state index < -0.39 is 11.6 Å². The van der Waals surface area contributed by atoms with Crippen molar-refractivity contribution in [2.75, 3.05) is 37.8 Å². The molecule has 4 atom stereocenters. The lowest BCUT2D eigenvalue weighted by Crippen LogP contribution is -2.46. The molecule has 2 saturated carbocycles. The zero-order chi connectivity index (χ0) is 25.3. The van der Waals surface area contributed by atoms with Gasteiger partial charge in [-0.05, 0) is 92.5 Å². The molecule has 0 aromatic heterocycles. The van der Waals surface area contributed by atoms with Gasteiger partial charge in [0.1, 0.15) is 0 Å². The van der Waals surface area contributed by atoms with E-state index in [0.29, 0.717) is 19.0 Å². The van der Waals surface area contributed by atoms with Crippen molar-refractivity contribution in [2.24, 2.45) is 5.92 Å². The van der Waals surface area contributed by atoms with Crippen LogP contribution in [-0.4, -0.2) is 65.5 Å². The third-order valence-corrected chi connectivity index (χ3v) is 9.08. The Morgan fingerprint density at radius 1 is 1.22 bits per heavy atom. The first-order chi connectivity index (χ1) is 17.4. The summed E-state index contributed by atoms with van der Waals surface area (Å²) in [4.78, 5) is 18.8. The van der Waals surface area contributed by atoms with Gasteiger partial charge >= 0.3 is 6.03 Å². The minimum Gasteiger partial charge on any atom is -0.392 e. The van der Waals surface area contributed by atoms with Crippen LogP contribution in [0.5, 0.6) is 0 Å². The van der Waals surface area contributed by atoms with Crippen molar-refractivity contribution in [1.29, 1.82) is 0 Å². The number of β-amino-alcohol motifs (C(OH)–C–C–N with tert-alkyl or cyclic N) is 1. The first-order valence-electron chi connectivity index (χ1n) is 13.0. The van der Waals surface area contributed by atoms with Gasteiger partial charge in [0.15, 0.2) is 11.6 Å². The Balaban J connectivity index is 1.26. The van der Waals surface area contributed by atoms with Crippen molar-refractivity contribution >= 4 is 23.5 Å². The number of nitrogens with one attached hydrogen (secondary N) is 1. The Labute approximate surface area is 216 Å². The number of hydrogen-bond donors (Lipinski definition) is 2. The van der Waals surface area contributed by atoms with Gasteiger partial charge in [-0.15, -0.1) is 11.8 Å². The topological polar surface area (TPSA) is 55.8 Å². The van der Waals surface area contributed by atoms with Gasteiger partial charge < -0.3 is 20.2 Å². The van der Waals surface area contributed by atoms with Crippen molar-refractivity contribution in [1.82, 2.24) is 9.80 Å². The molecule has 5 rings (SSSR count). The van der Waals surface area contributed by atoms with Gasteiger partial charge in [0.05, 0.1) is 6.10 Å². The molecule has 5 nitrogen and oxygen atoms in total. The Morgan fingerprint density at radius 2 is 2.08 bits per heavy atom. The predicted octanol–water partition coefficient (Wildman–Crippen LogP) is 5.49. The van der Waals surface area contributed by atoms with E-state index in [4.69, 9.17) is 0 Å². The summed E-state index contributed by atoms with van der Waals surface area (Å²) in [6.07, 6.45) is 7.53. The lowest BCUT2D eigenvalue weighted by atomic mass is 9.80. The number of aliphatic hydroxyl groups is 1. The number of benzene rings is 2. The number of fused-ring (bicyclic) bond motifs is 1. The van der Waals surface area contributed by atoms with Crippen molar-refractivity contribution in [3.05, 3.63) is 59.7 Å². The second-order valence-corrected chi connectivity index (χ2v) is 11.4. The summed E-state index contributed by atoms with van der Waals surface area (Å²) in [5, 5.41) is 12.6. The Kier molecular flexibility index (Phi) is 7.56. The van der Waals surface area contributed by atoms with E-state index in [9.17, 15) is 18.7 Å². The standard InChI is InChI=1S/C28H35F2N3O2S/c1-36-24-5-2-4-19(15-24)28-10-8-22(14-20(28)17-28)33(12-3-11-32-13-9-23(34)18-32)27(35)31-21-6-7-25(29)26(30)16-21/h2,4-7,15-16,20,22-23,34H,3,8-14,17-18H2,1H3,(H,31,35)/t20-,22?,23+,28-/m1/s1. The molecule has 3 aliphatic rings. The van der Waals surface area contributed by atoms with E-state index >= 15 is 0 Å². The van der Waals surface area contributed by atoms with E-state index in [1.165, 1.54) is 16.5 Å². The van der Waals surface area contributed by atoms with Gasteiger partial charge in [-0.25, -0.2) is 13.6 Å². The molecule has 1 unspecified atom stereocenters. The summed E-state index contributed by atoms with van der Waals surface area (Å²) in [6, 6.07) is 12.2. The molecule has 2 aliphatic carbocycles. The van der Waals surface area contributed by atoms with Gasteiger partial charge in [-0.2, -0.15) is 0 Å². The van der Waals surface area contributed by atoms with E-state index in [2.05, 4.69) is 40.7 Å². The molecule has 2 amide bonds. The Morgan fingerprint density at radius 3 is 2.81 bits per heavy atom. The predicted molar refractivity (Wildman–Crippen MR) is 139 cm³/mol. The highest BCUT2D eigenvalue weighted by molar-refractivity contribution is 7.98. The normalized spacial score (nSPS) is 27.5. The number of hydrogen-bond acceptors (Lipinski definition) is 4. The van der Waals surface area contributed by atoms with Crippen LogP contribution in [0, 0.1) is 17.6 Å². The minimum absolute atomic E-state index is 0.115. The number of rotatable bonds is 8. The van der Waals surface area contributed by atoms with E-state index in [-0.39, 0.29) is 29.3 Å². The number of thioether (sulfide) groups is 1. The lowest BCUT2D eigenvalue weighted by molar-refractivity contribution is 0.151. The van der Waals surface area contributed by atoms with Crippen molar-refractivity contribution < 1.29 is 18.7 Å². The number of anilines is 1. The lowest BCUT2D eigenvalue weighted by Gasteiger charge is -2.37. The number of amides is 2. The fourth-order valence-corrected chi connectivity index (χ4v) is 6.74. The number of carbonyl (C=O) groups excluding carboxylic acids is 1. The molecule has 8 heteroatoms. The van der Waals surface area contributed by atoms with Crippen molar-refractivity contribution in [3.63, 3.8) is 0 Å². The van der Waals surface area contributed by atoms with Crippen LogP contribution in [0.2, 0.25) is 0 Å². The summed E-state index contributed by atoms with van der Waals surface area (Å²) in [7, 11) is 0. The van der Waals surface area contributed by atoms with Crippen LogP contribution < -0.4 is 5.32 Å². The molecule has 2 N–H and O–H groups in total. The zero-order valence-corrected chi connectivity index (χ0v) is 21.6. The number of urea groups is 1. The molecule has 2 aromatic carbocycles. The Hall–Kier alpha value is -2.16. The summed E-state index contributed by atoms with van der Waals surface area (Å²) in [6.45, 7) is 2.98. The molecule has 0 bridgehead atoms. The van der Waals surface area contributed by atoms with Gasteiger partial charge in [-0.3, -0.25) is 0 Å². The first-order valence-corrected chi connectivity index (χ1v) is 14.2. The van der Waals surface area contributed by atoms with Gasteiger partial charge in [-0.1, -0.05) is 12.1 Å². The highest BCUT2D eigenvalue weighted by Gasteiger charge is 2.58. The van der Waals surface area contributed by atoms with Crippen LogP contribution in [0.25, 0.3) is 0 Å². The summed E-state index contributed by atoms with van der Waals surface area (Å²) >= 11 is 1.76. The maximum atomic E-state index is 13.7. The first kappa shape index (κ1) is 25.5. The molecule has 1 heterocycles. The van der Waals surface area contributed by atoms with Crippen LogP contribution in [-0.2, 0) is 5.41 Å². The molecule has 0 radical (unpaired) electrons. The van der Waals surface area contributed by atoms with Crippen LogP contribution >= 0.6 is 11.8 Å². The SMILES string of the molecule is CSc1cccc([C@]23CCC(N(CCCN4CC[C@H](O)C4)C(=O)Nc4ccc(F)c(F)c4)C[C@@H]2C3)c1. The molecule has 3 fully saturated rings. The van der Waals surface area contributed by atoms with Crippen molar-refractivity contribution in [2.45, 2.75) is 61.0 Å². The van der Waals surface area contributed by atoms with Crippen molar-refractivity contribution in [3.8, 4) is 0 Å². The quantitative estimate of drug-likeness (QED) is 0.457. The van der Waals surface area contributed by atoms with Gasteiger partial charge in [0, 0.05) is 42.3 Å². The number of carbonyl (C=O) groups is 1. The molecular weight excluding hydrogens is 480 g/mol.